The maximum absolute atomic E-state index is 13.6. The summed E-state index contributed by atoms with van der Waals surface area (Å²) in [6, 6.07) is 3.06. The zero-order chi connectivity index (χ0) is 13.5. The molecule has 1 aliphatic rings. The van der Waals surface area contributed by atoms with Gasteiger partial charge in [0, 0.05) is 12.1 Å². The van der Waals surface area contributed by atoms with Gasteiger partial charge in [0.05, 0.1) is 0 Å². The molecule has 0 bridgehead atoms. The van der Waals surface area contributed by atoms with Crippen molar-refractivity contribution >= 4 is 17.4 Å². The zero-order valence-corrected chi connectivity index (χ0v) is 9.39. The second-order valence-corrected chi connectivity index (χ2v) is 4.02. The van der Waals surface area contributed by atoms with Gasteiger partial charge in [0.15, 0.2) is 11.6 Å². The van der Waals surface area contributed by atoms with Crippen LogP contribution >= 0.6 is 0 Å². The third-order valence-electron chi connectivity index (χ3n) is 2.62. The van der Waals surface area contributed by atoms with Crippen LogP contribution in [0.1, 0.15) is 13.3 Å². The van der Waals surface area contributed by atoms with E-state index in [4.69, 9.17) is 5.11 Å². The second kappa shape index (κ2) is 4.02. The zero-order valence-electron chi connectivity index (χ0n) is 9.39. The first-order valence-corrected chi connectivity index (χ1v) is 5.10. The van der Waals surface area contributed by atoms with Crippen molar-refractivity contribution in [1.82, 2.24) is 0 Å². The number of para-hydroxylation sites is 1. The largest absolute Gasteiger partial charge is 0.478 e. The molecule has 2 N–H and O–H groups in total. The molecule has 1 atom stereocenters. The molecule has 0 saturated heterocycles. The summed E-state index contributed by atoms with van der Waals surface area (Å²) in [4.78, 5) is 11.1. The Morgan fingerprint density at radius 1 is 1.44 bits per heavy atom. The highest BCUT2D eigenvalue weighted by molar-refractivity contribution is 5.96. The van der Waals surface area contributed by atoms with E-state index in [0.717, 1.165) is 18.2 Å². The fourth-order valence-electron chi connectivity index (χ4n) is 1.81. The van der Waals surface area contributed by atoms with Gasteiger partial charge < -0.3 is 10.2 Å². The number of rotatable bonds is 2. The normalized spacial score (nSPS) is 23.1. The predicted molar refractivity (Wildman–Crippen MR) is 59.1 cm³/mol. The number of aliphatic carboxylic acids is 1. The molecule has 1 unspecified atom stereocenters. The maximum Gasteiger partial charge on any atom is 0.359 e. The lowest BCUT2D eigenvalue weighted by molar-refractivity contribution is -0.157. The number of anilines is 1. The van der Waals surface area contributed by atoms with Crippen molar-refractivity contribution in [2.75, 3.05) is 5.01 Å². The molecule has 1 aromatic rings. The van der Waals surface area contributed by atoms with E-state index in [1.54, 1.807) is 0 Å². The number of halogens is 2. The molecular weight excluding hydrogens is 246 g/mol. The second-order valence-electron chi connectivity index (χ2n) is 4.02. The van der Waals surface area contributed by atoms with E-state index in [9.17, 15) is 18.7 Å². The summed E-state index contributed by atoms with van der Waals surface area (Å²) in [7, 11) is 0. The van der Waals surface area contributed by atoms with E-state index < -0.39 is 29.0 Å². The van der Waals surface area contributed by atoms with Crippen molar-refractivity contribution in [3.63, 3.8) is 0 Å². The fourth-order valence-corrected chi connectivity index (χ4v) is 1.81. The minimum atomic E-state index is -2.47. The number of hydrogen-bond donors (Lipinski definition) is 2. The Morgan fingerprint density at radius 2 is 2.00 bits per heavy atom. The Kier molecular flexibility index (Phi) is 2.78. The number of carbonyl (C=O) groups is 1. The van der Waals surface area contributed by atoms with E-state index >= 15 is 0 Å². The molecule has 0 aromatic heterocycles. The van der Waals surface area contributed by atoms with Crippen molar-refractivity contribution < 1.29 is 23.8 Å². The van der Waals surface area contributed by atoms with Gasteiger partial charge in [-0.25, -0.2) is 18.6 Å². The first kappa shape index (κ1) is 12.4. The Hall–Kier alpha value is -2.02. The number of nitrogens with zero attached hydrogens (tertiary/aromatic N) is 2. The third kappa shape index (κ3) is 1.72. The molecule has 18 heavy (non-hydrogen) atoms. The Labute approximate surface area is 101 Å². The lowest BCUT2D eigenvalue weighted by atomic mass is 10.1. The smallest absolute Gasteiger partial charge is 0.359 e. The molecule has 0 amide bonds. The molecule has 2 rings (SSSR count). The van der Waals surface area contributed by atoms with Crippen LogP contribution in [0.4, 0.5) is 14.5 Å². The predicted octanol–water partition coefficient (Wildman–Crippen LogP) is 1.32. The quantitative estimate of drug-likeness (QED) is 0.837. The van der Waals surface area contributed by atoms with Crippen LogP contribution in [0.5, 0.6) is 0 Å². The highest BCUT2D eigenvalue weighted by atomic mass is 19.1. The van der Waals surface area contributed by atoms with Crippen LogP contribution in [0.15, 0.2) is 23.3 Å². The van der Waals surface area contributed by atoms with E-state index in [1.807, 2.05) is 0 Å². The third-order valence-corrected chi connectivity index (χ3v) is 2.62. The minimum absolute atomic E-state index is 0.266. The lowest BCUT2D eigenvalue weighted by Crippen LogP contribution is -2.50. The molecule has 0 spiro atoms. The van der Waals surface area contributed by atoms with Crippen molar-refractivity contribution in [1.29, 1.82) is 0 Å². The van der Waals surface area contributed by atoms with Gasteiger partial charge in [0.1, 0.15) is 5.69 Å². The summed E-state index contributed by atoms with van der Waals surface area (Å²) in [5.41, 5.74) is -2.88. The van der Waals surface area contributed by atoms with Crippen LogP contribution < -0.4 is 5.01 Å². The standard InChI is InChI=1S/C11H10F2N2O3/c1-6-5-11(18,10(16)17)15(14-6)9-7(12)3-2-4-8(9)13/h2-4,18H,5H2,1H3,(H,16,17). The molecule has 1 heterocycles. The van der Waals surface area contributed by atoms with Crippen molar-refractivity contribution in [2.45, 2.75) is 19.1 Å². The van der Waals surface area contributed by atoms with Crippen molar-refractivity contribution in [3.05, 3.63) is 29.8 Å². The van der Waals surface area contributed by atoms with Crippen molar-refractivity contribution in [2.24, 2.45) is 5.10 Å². The molecule has 0 radical (unpaired) electrons. The fraction of sp³-hybridized carbons (Fsp3) is 0.273. The van der Waals surface area contributed by atoms with Gasteiger partial charge in [0.2, 0.25) is 0 Å². The molecule has 1 aromatic carbocycles. The van der Waals surface area contributed by atoms with Gasteiger partial charge in [-0.3, -0.25) is 0 Å². The van der Waals surface area contributed by atoms with Gasteiger partial charge >= 0.3 is 5.97 Å². The average molecular weight is 256 g/mol. The Balaban J connectivity index is 2.58. The van der Waals surface area contributed by atoms with Crippen LogP contribution in [0.25, 0.3) is 0 Å². The summed E-state index contributed by atoms with van der Waals surface area (Å²) >= 11 is 0. The van der Waals surface area contributed by atoms with Gasteiger partial charge in [-0.1, -0.05) is 6.07 Å². The van der Waals surface area contributed by atoms with Crippen LogP contribution in [-0.4, -0.2) is 27.6 Å². The van der Waals surface area contributed by atoms with Crippen LogP contribution in [-0.2, 0) is 4.79 Å². The topological polar surface area (TPSA) is 73.1 Å². The highest BCUT2D eigenvalue weighted by Crippen LogP contribution is 2.34. The number of hydrazone groups is 1. The van der Waals surface area contributed by atoms with Crippen LogP contribution in [0.2, 0.25) is 0 Å². The lowest BCUT2D eigenvalue weighted by Gasteiger charge is -2.28. The highest BCUT2D eigenvalue weighted by Gasteiger charge is 2.49. The van der Waals surface area contributed by atoms with Gasteiger partial charge in [0.25, 0.3) is 5.72 Å². The summed E-state index contributed by atoms with van der Waals surface area (Å²) in [5, 5.41) is 23.1. The van der Waals surface area contributed by atoms with Gasteiger partial charge in [-0.05, 0) is 19.1 Å². The minimum Gasteiger partial charge on any atom is -0.478 e. The van der Waals surface area contributed by atoms with Crippen LogP contribution in [0.3, 0.4) is 0 Å². The number of hydrogen-bond acceptors (Lipinski definition) is 4. The molecule has 7 heteroatoms. The molecule has 0 saturated carbocycles. The number of carboxylic acid groups (broad SMARTS) is 1. The number of carboxylic acids is 1. The monoisotopic (exact) mass is 256 g/mol. The van der Waals surface area contributed by atoms with E-state index in [2.05, 4.69) is 5.10 Å². The van der Waals surface area contributed by atoms with E-state index in [-0.39, 0.29) is 12.1 Å². The summed E-state index contributed by atoms with van der Waals surface area (Å²) in [6.07, 6.45) is -0.323. The van der Waals surface area contributed by atoms with Gasteiger partial charge in [-0.2, -0.15) is 5.10 Å². The molecule has 5 nitrogen and oxygen atoms in total. The molecule has 1 aliphatic heterocycles. The van der Waals surface area contributed by atoms with E-state index in [1.165, 1.54) is 6.92 Å². The van der Waals surface area contributed by atoms with Crippen molar-refractivity contribution in [3.8, 4) is 0 Å². The number of aliphatic hydroxyl groups is 1. The molecule has 0 fully saturated rings. The van der Waals surface area contributed by atoms with Crippen LogP contribution in [0, 0.1) is 11.6 Å². The summed E-state index contributed by atoms with van der Waals surface area (Å²) in [5.74, 6) is -3.60. The molecule has 96 valence electrons. The summed E-state index contributed by atoms with van der Waals surface area (Å²) in [6.45, 7) is 1.46. The van der Waals surface area contributed by atoms with Gasteiger partial charge in [-0.15, -0.1) is 0 Å². The Morgan fingerprint density at radius 3 is 2.50 bits per heavy atom. The SMILES string of the molecule is CC1=NN(c2c(F)cccc2F)C(O)(C(=O)O)C1. The average Bonchev–Trinajstić information content (AvgIpc) is 2.55. The Bertz CT molecular complexity index is 527. The number of benzene rings is 1. The molecule has 0 aliphatic carbocycles. The first-order valence-electron chi connectivity index (χ1n) is 5.10. The maximum atomic E-state index is 13.6. The first-order chi connectivity index (χ1) is 8.36. The van der Waals surface area contributed by atoms with E-state index in [0.29, 0.717) is 5.01 Å². The summed E-state index contributed by atoms with van der Waals surface area (Å²) < 4.78 is 27.2. The molecular formula is C11H10F2N2O3.